The second kappa shape index (κ2) is 12.2. The van der Waals surface area contributed by atoms with Crippen LogP contribution in [0.1, 0.15) is 16.2 Å². The van der Waals surface area contributed by atoms with Crippen molar-refractivity contribution < 1.29 is 13.9 Å². The Hall–Kier alpha value is -3.94. The SMILES string of the molecule is CNSc1ccc(F)cc1.COc1ccc2c(c1)cc(-c1ccccc1)n2Cc1cccc(C=O)n1. The summed E-state index contributed by atoms with van der Waals surface area (Å²) >= 11 is 1.47. The van der Waals surface area contributed by atoms with E-state index in [9.17, 15) is 9.18 Å². The van der Waals surface area contributed by atoms with Crippen LogP contribution in [-0.2, 0) is 6.54 Å². The number of pyridine rings is 1. The van der Waals surface area contributed by atoms with E-state index in [4.69, 9.17) is 4.74 Å². The number of rotatable bonds is 7. The van der Waals surface area contributed by atoms with E-state index >= 15 is 0 Å². The zero-order valence-corrected chi connectivity index (χ0v) is 20.8. The van der Waals surface area contributed by atoms with E-state index in [2.05, 4.69) is 38.5 Å². The largest absolute Gasteiger partial charge is 0.497 e. The molecule has 0 unspecified atom stereocenters. The van der Waals surface area contributed by atoms with Crippen LogP contribution in [0.25, 0.3) is 22.2 Å². The van der Waals surface area contributed by atoms with Gasteiger partial charge in [-0.2, -0.15) is 0 Å². The lowest BCUT2D eigenvalue weighted by Gasteiger charge is -2.11. The minimum absolute atomic E-state index is 0.194. The van der Waals surface area contributed by atoms with Crippen molar-refractivity contribution in [2.24, 2.45) is 0 Å². The molecule has 0 amide bonds. The van der Waals surface area contributed by atoms with Gasteiger partial charge in [0.25, 0.3) is 0 Å². The number of aromatic nitrogens is 2. The molecule has 5 nitrogen and oxygen atoms in total. The third-order valence-electron chi connectivity index (χ3n) is 5.48. The van der Waals surface area contributed by atoms with Crippen LogP contribution in [0.2, 0.25) is 0 Å². The Kier molecular flexibility index (Phi) is 8.49. The maximum atomic E-state index is 12.3. The highest BCUT2D eigenvalue weighted by atomic mass is 32.2. The maximum absolute atomic E-state index is 12.3. The van der Waals surface area contributed by atoms with Gasteiger partial charge in [-0.05, 0) is 85.2 Å². The van der Waals surface area contributed by atoms with E-state index in [-0.39, 0.29) is 5.82 Å². The molecule has 1 N–H and O–H groups in total. The first-order valence-corrected chi connectivity index (χ1v) is 12.2. The number of nitrogens with one attached hydrogen (secondary N) is 1. The lowest BCUT2D eigenvalue weighted by Crippen LogP contribution is -2.04. The van der Waals surface area contributed by atoms with Gasteiger partial charge in [0.05, 0.1) is 19.3 Å². The Morgan fingerprint density at radius 3 is 2.44 bits per heavy atom. The first kappa shape index (κ1) is 25.2. The zero-order chi connectivity index (χ0) is 25.3. The Balaban J connectivity index is 0.000000256. The molecule has 36 heavy (non-hydrogen) atoms. The summed E-state index contributed by atoms with van der Waals surface area (Å²) in [5, 5.41) is 1.11. The Morgan fingerprint density at radius 2 is 1.75 bits per heavy atom. The second-order valence-electron chi connectivity index (χ2n) is 7.84. The number of aldehydes is 1. The molecule has 0 saturated heterocycles. The van der Waals surface area contributed by atoms with E-state index in [0.717, 1.165) is 44.8 Å². The molecule has 2 heterocycles. The van der Waals surface area contributed by atoms with Gasteiger partial charge in [0.2, 0.25) is 0 Å². The molecular formula is C29H26FN3O2S. The standard InChI is InChI=1S/C22H18N2O2.C7H8FNS/c1-26-20-10-11-21-17(12-20)13-22(16-6-3-2-4-7-16)24(21)14-18-8-5-9-19(15-25)23-18;1-9-10-7-4-2-6(8)3-5-7/h2-13,15H,14H2,1H3;2-5,9H,1H3. The van der Waals surface area contributed by atoms with Gasteiger partial charge in [-0.25, -0.2) is 9.37 Å². The Bertz CT molecular complexity index is 1440. The van der Waals surface area contributed by atoms with Crippen molar-refractivity contribution in [3.05, 3.63) is 114 Å². The lowest BCUT2D eigenvalue weighted by molar-refractivity contribution is 0.111. The molecule has 0 aliphatic rings. The summed E-state index contributed by atoms with van der Waals surface area (Å²) in [5.41, 5.74) is 4.63. The van der Waals surface area contributed by atoms with E-state index in [0.29, 0.717) is 12.2 Å². The van der Waals surface area contributed by atoms with Crippen LogP contribution < -0.4 is 9.46 Å². The third kappa shape index (κ3) is 6.19. The topological polar surface area (TPSA) is 56.1 Å². The first-order chi connectivity index (χ1) is 17.6. The molecule has 0 saturated carbocycles. The highest BCUT2D eigenvalue weighted by Crippen LogP contribution is 2.31. The van der Waals surface area contributed by atoms with Gasteiger partial charge in [0.1, 0.15) is 17.3 Å². The van der Waals surface area contributed by atoms with Crippen LogP contribution in [0, 0.1) is 5.82 Å². The number of ether oxygens (including phenoxy) is 1. The van der Waals surface area contributed by atoms with Crippen molar-refractivity contribution in [3.8, 4) is 17.0 Å². The van der Waals surface area contributed by atoms with Crippen LogP contribution in [0.15, 0.2) is 102 Å². The van der Waals surface area contributed by atoms with E-state index < -0.39 is 0 Å². The molecule has 5 rings (SSSR count). The Labute approximate surface area is 214 Å². The first-order valence-electron chi connectivity index (χ1n) is 11.3. The number of nitrogens with zero attached hydrogens (tertiary/aromatic N) is 2. The van der Waals surface area contributed by atoms with Crippen LogP contribution in [0.5, 0.6) is 5.75 Å². The highest BCUT2D eigenvalue weighted by molar-refractivity contribution is 7.97. The minimum Gasteiger partial charge on any atom is -0.497 e. The summed E-state index contributed by atoms with van der Waals surface area (Å²) in [6, 6.07) is 30.4. The summed E-state index contributed by atoms with van der Waals surface area (Å²) in [6.45, 7) is 0.585. The molecule has 3 aromatic carbocycles. The monoisotopic (exact) mass is 499 g/mol. The third-order valence-corrected chi connectivity index (χ3v) is 6.19. The second-order valence-corrected chi connectivity index (χ2v) is 8.92. The number of methoxy groups -OCH3 is 1. The molecule has 0 bridgehead atoms. The molecular weight excluding hydrogens is 473 g/mol. The molecule has 0 atom stereocenters. The minimum atomic E-state index is -0.194. The van der Waals surface area contributed by atoms with E-state index in [1.165, 1.54) is 24.1 Å². The molecule has 0 fully saturated rings. The molecule has 0 radical (unpaired) electrons. The summed E-state index contributed by atoms with van der Waals surface area (Å²) in [7, 11) is 3.50. The lowest BCUT2D eigenvalue weighted by atomic mass is 10.1. The summed E-state index contributed by atoms with van der Waals surface area (Å²) in [4.78, 5) is 16.5. The van der Waals surface area contributed by atoms with E-state index in [1.807, 2.05) is 49.5 Å². The van der Waals surface area contributed by atoms with Crippen LogP contribution >= 0.6 is 11.9 Å². The maximum Gasteiger partial charge on any atom is 0.168 e. The smallest absolute Gasteiger partial charge is 0.168 e. The van der Waals surface area contributed by atoms with Crippen LogP contribution in [0.3, 0.4) is 0 Å². The normalized spacial score (nSPS) is 10.5. The average molecular weight is 500 g/mol. The molecule has 182 valence electrons. The molecule has 0 spiro atoms. The van der Waals surface area contributed by atoms with Crippen molar-refractivity contribution in [2.75, 3.05) is 14.2 Å². The zero-order valence-electron chi connectivity index (χ0n) is 20.0. The number of carbonyl (C=O) groups is 1. The fourth-order valence-electron chi connectivity index (χ4n) is 3.83. The summed E-state index contributed by atoms with van der Waals surface area (Å²) in [5.74, 6) is 0.635. The van der Waals surface area contributed by atoms with Crippen molar-refractivity contribution in [1.82, 2.24) is 14.3 Å². The van der Waals surface area contributed by atoms with Crippen molar-refractivity contribution >= 4 is 29.1 Å². The Morgan fingerprint density at radius 1 is 0.972 bits per heavy atom. The predicted octanol–water partition coefficient (Wildman–Crippen LogP) is 6.62. The molecule has 2 aromatic heterocycles. The van der Waals surface area contributed by atoms with Gasteiger partial charge in [-0.3, -0.25) is 9.52 Å². The number of carbonyl (C=O) groups excluding carboxylic acids is 1. The van der Waals surface area contributed by atoms with Gasteiger partial charge in [-0.15, -0.1) is 0 Å². The quantitative estimate of drug-likeness (QED) is 0.201. The predicted molar refractivity (Wildman–Crippen MR) is 144 cm³/mol. The van der Waals surface area contributed by atoms with Crippen LogP contribution in [0.4, 0.5) is 4.39 Å². The number of benzene rings is 3. The van der Waals surface area contributed by atoms with Gasteiger partial charge in [-0.1, -0.05) is 36.4 Å². The molecule has 0 aliphatic heterocycles. The number of fused-ring (bicyclic) bond motifs is 1. The van der Waals surface area contributed by atoms with Crippen LogP contribution in [-0.4, -0.2) is 30.0 Å². The van der Waals surface area contributed by atoms with Gasteiger partial charge in [0.15, 0.2) is 6.29 Å². The van der Waals surface area contributed by atoms with Crippen molar-refractivity contribution in [2.45, 2.75) is 11.4 Å². The number of halogens is 1. The molecule has 5 aromatic rings. The van der Waals surface area contributed by atoms with Crippen molar-refractivity contribution in [1.29, 1.82) is 0 Å². The molecule has 7 heteroatoms. The fraction of sp³-hybridized carbons (Fsp3) is 0.103. The van der Waals surface area contributed by atoms with E-state index in [1.54, 1.807) is 25.3 Å². The summed E-state index contributed by atoms with van der Waals surface area (Å²) in [6.07, 6.45) is 0.778. The molecule has 0 aliphatic carbocycles. The highest BCUT2D eigenvalue weighted by Gasteiger charge is 2.12. The number of hydrogen-bond donors (Lipinski definition) is 1. The average Bonchev–Trinajstić information content (AvgIpc) is 3.28. The van der Waals surface area contributed by atoms with Crippen molar-refractivity contribution in [3.63, 3.8) is 0 Å². The van der Waals surface area contributed by atoms with Gasteiger partial charge in [0, 0.05) is 21.5 Å². The summed E-state index contributed by atoms with van der Waals surface area (Å²) < 4.78 is 22.8. The fourth-order valence-corrected chi connectivity index (χ4v) is 4.34. The number of hydrogen-bond acceptors (Lipinski definition) is 5. The van der Waals surface area contributed by atoms with Gasteiger partial charge < -0.3 is 9.30 Å². The van der Waals surface area contributed by atoms with Gasteiger partial charge >= 0.3 is 0 Å².